The number of nitrogens with zero attached hydrogens (tertiary/aromatic N) is 1. The van der Waals surface area contributed by atoms with Crippen LogP contribution in [0.1, 0.15) is 24.6 Å². The van der Waals surface area contributed by atoms with Crippen molar-refractivity contribution in [2.75, 3.05) is 6.54 Å². The normalized spacial score (nSPS) is 21.0. The maximum Gasteiger partial charge on any atom is 0.237 e. The summed E-state index contributed by atoms with van der Waals surface area (Å²) in [5.74, 6) is 0.685. The Kier molecular flexibility index (Phi) is 4.55. The van der Waals surface area contributed by atoms with E-state index < -0.39 is 0 Å². The zero-order chi connectivity index (χ0) is 15.5. The summed E-state index contributed by atoms with van der Waals surface area (Å²) in [6.45, 7) is 5.70. The van der Waals surface area contributed by atoms with Crippen molar-refractivity contribution in [2.24, 2.45) is 5.92 Å². The molecule has 116 valence electrons. The fourth-order valence-corrected chi connectivity index (χ4v) is 3.59. The van der Waals surface area contributed by atoms with Crippen molar-refractivity contribution in [2.45, 2.75) is 32.9 Å². The molecule has 2 atom stereocenters. The second-order valence-corrected chi connectivity index (χ2v) is 6.84. The molecule has 5 heteroatoms. The van der Waals surface area contributed by atoms with Gasteiger partial charge >= 0.3 is 0 Å². The number of aryl methyl sites for hydroxylation is 1. The molecule has 0 aliphatic carbocycles. The zero-order valence-corrected chi connectivity index (χ0v) is 13.7. The molecule has 2 aromatic rings. The Morgan fingerprint density at radius 2 is 2.18 bits per heavy atom. The maximum absolute atomic E-state index is 12.1. The average molecular weight is 315 g/mol. The highest BCUT2D eigenvalue weighted by molar-refractivity contribution is 7.13. The van der Waals surface area contributed by atoms with E-state index in [4.69, 9.17) is 0 Å². The van der Waals surface area contributed by atoms with Gasteiger partial charge in [0.15, 0.2) is 0 Å². The molecule has 1 aromatic heterocycles. The standard InChI is InChI=1S/C17H21N3OS/c1-11-7-15(18-8-11)17(21)19-9-13-3-5-14(6-4-13)16-12(2)20-10-22-16/h3-6,10-11,15,18H,7-9H2,1-2H3,(H,19,21). The lowest BCUT2D eigenvalue weighted by molar-refractivity contribution is -0.123. The van der Waals surface area contributed by atoms with Crippen molar-refractivity contribution in [1.82, 2.24) is 15.6 Å². The van der Waals surface area contributed by atoms with Crippen molar-refractivity contribution in [3.05, 3.63) is 41.0 Å². The largest absolute Gasteiger partial charge is 0.351 e. The van der Waals surface area contributed by atoms with E-state index in [-0.39, 0.29) is 11.9 Å². The number of amides is 1. The molecular formula is C17H21N3OS. The molecule has 0 bridgehead atoms. The number of carbonyl (C=O) groups is 1. The van der Waals surface area contributed by atoms with Gasteiger partial charge in [0.25, 0.3) is 0 Å². The monoisotopic (exact) mass is 315 g/mol. The topological polar surface area (TPSA) is 54.0 Å². The second-order valence-electron chi connectivity index (χ2n) is 5.98. The summed E-state index contributed by atoms with van der Waals surface area (Å²) < 4.78 is 0. The second kappa shape index (κ2) is 6.58. The van der Waals surface area contributed by atoms with Gasteiger partial charge in [0.2, 0.25) is 5.91 Å². The minimum absolute atomic E-state index is 0.0332. The summed E-state index contributed by atoms with van der Waals surface area (Å²) in [5, 5.41) is 6.27. The number of thiazole rings is 1. The molecule has 1 aliphatic rings. The SMILES string of the molecule is Cc1ncsc1-c1ccc(CNC(=O)C2CC(C)CN2)cc1. The number of carbonyl (C=O) groups excluding carboxylic acids is 1. The van der Waals surface area contributed by atoms with Gasteiger partial charge in [-0.1, -0.05) is 31.2 Å². The van der Waals surface area contributed by atoms with Crippen molar-refractivity contribution in [3.8, 4) is 10.4 Å². The Bertz CT molecular complexity index is 650. The third-order valence-corrected chi connectivity index (χ3v) is 5.07. The van der Waals surface area contributed by atoms with Crippen LogP contribution in [-0.4, -0.2) is 23.5 Å². The highest BCUT2D eigenvalue weighted by atomic mass is 32.1. The van der Waals surface area contributed by atoms with Gasteiger partial charge in [-0.3, -0.25) is 4.79 Å². The Morgan fingerprint density at radius 1 is 1.41 bits per heavy atom. The molecule has 1 amide bonds. The molecule has 2 unspecified atom stereocenters. The van der Waals surface area contributed by atoms with Gasteiger partial charge < -0.3 is 10.6 Å². The molecule has 0 saturated carbocycles. The molecule has 1 saturated heterocycles. The molecule has 0 radical (unpaired) electrons. The van der Waals surface area contributed by atoms with Gasteiger partial charge in [0.05, 0.1) is 22.1 Å². The zero-order valence-electron chi connectivity index (χ0n) is 12.9. The molecule has 2 N–H and O–H groups in total. The predicted octanol–water partition coefficient (Wildman–Crippen LogP) is 2.73. The molecule has 4 nitrogen and oxygen atoms in total. The number of aromatic nitrogens is 1. The van der Waals surface area contributed by atoms with Gasteiger partial charge in [0, 0.05) is 6.54 Å². The van der Waals surface area contributed by atoms with Gasteiger partial charge in [0.1, 0.15) is 0 Å². The number of hydrogen-bond donors (Lipinski definition) is 2. The van der Waals surface area contributed by atoms with Crippen LogP contribution in [0, 0.1) is 12.8 Å². The predicted molar refractivity (Wildman–Crippen MR) is 89.7 cm³/mol. The number of benzene rings is 1. The van der Waals surface area contributed by atoms with Crippen LogP contribution in [-0.2, 0) is 11.3 Å². The lowest BCUT2D eigenvalue weighted by atomic mass is 10.1. The highest BCUT2D eigenvalue weighted by Gasteiger charge is 2.26. The molecule has 22 heavy (non-hydrogen) atoms. The quantitative estimate of drug-likeness (QED) is 0.912. The Hall–Kier alpha value is -1.72. The average Bonchev–Trinajstić information content (AvgIpc) is 3.14. The van der Waals surface area contributed by atoms with E-state index in [2.05, 4.69) is 46.8 Å². The molecule has 1 aliphatic heterocycles. The van der Waals surface area contributed by atoms with E-state index in [1.165, 1.54) is 10.4 Å². The van der Waals surface area contributed by atoms with Gasteiger partial charge in [-0.05, 0) is 36.9 Å². The molecule has 1 aromatic carbocycles. The Balaban J connectivity index is 1.57. The van der Waals surface area contributed by atoms with Crippen LogP contribution in [0.5, 0.6) is 0 Å². The van der Waals surface area contributed by atoms with E-state index in [1.54, 1.807) is 11.3 Å². The summed E-state index contributed by atoms with van der Waals surface area (Å²) in [6.07, 6.45) is 0.926. The summed E-state index contributed by atoms with van der Waals surface area (Å²) >= 11 is 1.65. The molecule has 1 fully saturated rings. The first-order chi connectivity index (χ1) is 10.6. The van der Waals surface area contributed by atoms with Crippen LogP contribution in [0.4, 0.5) is 0 Å². The number of hydrogen-bond acceptors (Lipinski definition) is 4. The van der Waals surface area contributed by atoms with Crippen molar-refractivity contribution in [1.29, 1.82) is 0 Å². The Morgan fingerprint density at radius 3 is 2.77 bits per heavy atom. The summed E-state index contributed by atoms with van der Waals surface area (Å²) in [5.41, 5.74) is 5.23. The van der Waals surface area contributed by atoms with Crippen LogP contribution in [0.25, 0.3) is 10.4 Å². The first-order valence-corrected chi connectivity index (χ1v) is 8.52. The van der Waals surface area contributed by atoms with Gasteiger partial charge in [-0.2, -0.15) is 0 Å². The van der Waals surface area contributed by atoms with E-state index in [9.17, 15) is 4.79 Å². The third-order valence-electron chi connectivity index (χ3n) is 4.10. The highest BCUT2D eigenvalue weighted by Crippen LogP contribution is 2.27. The van der Waals surface area contributed by atoms with Gasteiger partial charge in [-0.15, -0.1) is 11.3 Å². The van der Waals surface area contributed by atoms with Crippen LogP contribution >= 0.6 is 11.3 Å². The van der Waals surface area contributed by atoms with E-state index >= 15 is 0 Å². The van der Waals surface area contributed by atoms with Gasteiger partial charge in [-0.25, -0.2) is 4.98 Å². The van der Waals surface area contributed by atoms with E-state index in [0.717, 1.165) is 24.2 Å². The number of nitrogens with one attached hydrogen (secondary N) is 2. The first kappa shape index (κ1) is 15.2. The smallest absolute Gasteiger partial charge is 0.237 e. The van der Waals surface area contributed by atoms with E-state index in [1.807, 2.05) is 12.4 Å². The van der Waals surface area contributed by atoms with Crippen LogP contribution in [0.15, 0.2) is 29.8 Å². The first-order valence-electron chi connectivity index (χ1n) is 7.64. The minimum Gasteiger partial charge on any atom is -0.351 e. The van der Waals surface area contributed by atoms with Crippen molar-refractivity contribution in [3.63, 3.8) is 0 Å². The summed E-state index contributed by atoms with van der Waals surface area (Å²) in [4.78, 5) is 17.6. The summed E-state index contributed by atoms with van der Waals surface area (Å²) in [7, 11) is 0. The van der Waals surface area contributed by atoms with E-state index in [0.29, 0.717) is 12.5 Å². The minimum atomic E-state index is -0.0332. The fraction of sp³-hybridized carbons (Fsp3) is 0.412. The molecule has 0 spiro atoms. The van der Waals surface area contributed by atoms with Crippen LogP contribution < -0.4 is 10.6 Å². The lowest BCUT2D eigenvalue weighted by Crippen LogP contribution is -2.39. The molecule has 3 rings (SSSR count). The Labute approximate surface area is 135 Å². The molecule has 2 heterocycles. The molecular weight excluding hydrogens is 294 g/mol. The number of rotatable bonds is 4. The van der Waals surface area contributed by atoms with Crippen molar-refractivity contribution < 1.29 is 4.79 Å². The lowest BCUT2D eigenvalue weighted by Gasteiger charge is -2.11. The third kappa shape index (κ3) is 3.36. The summed E-state index contributed by atoms with van der Waals surface area (Å²) in [6, 6.07) is 8.29. The fourth-order valence-electron chi connectivity index (χ4n) is 2.78. The van der Waals surface area contributed by atoms with Crippen LogP contribution in [0.2, 0.25) is 0 Å². The van der Waals surface area contributed by atoms with Crippen molar-refractivity contribution >= 4 is 17.2 Å². The maximum atomic E-state index is 12.1. The van der Waals surface area contributed by atoms with Crippen LogP contribution in [0.3, 0.4) is 0 Å².